The predicted octanol–water partition coefficient (Wildman–Crippen LogP) is 1.92. The Morgan fingerprint density at radius 3 is 2.48 bits per heavy atom. The molecule has 2 N–H and O–H groups in total. The fourth-order valence-electron chi connectivity index (χ4n) is 1.88. The number of aromatic nitrogens is 1. The van der Waals surface area contributed by atoms with Crippen LogP contribution in [0.2, 0.25) is 0 Å². The molecule has 2 rings (SSSR count). The third kappa shape index (κ3) is 3.87. The van der Waals surface area contributed by atoms with Gasteiger partial charge in [-0.3, -0.25) is 4.98 Å². The van der Waals surface area contributed by atoms with Crippen molar-refractivity contribution in [1.29, 1.82) is 0 Å². The maximum Gasteiger partial charge on any atom is 0.240 e. The first-order valence-electron chi connectivity index (χ1n) is 6.57. The topological polar surface area (TPSA) is 79.3 Å². The smallest absolute Gasteiger partial charge is 0.240 e. The molecule has 0 aliphatic carbocycles. The fourth-order valence-corrected chi connectivity index (χ4v) is 2.89. The SMILES string of the molecule is Cc1cnccc1CNS(=O)(=O)c1ccc(C(C)O)cc1. The van der Waals surface area contributed by atoms with Gasteiger partial charge in [0.15, 0.2) is 0 Å². The molecular weight excluding hydrogens is 288 g/mol. The van der Waals surface area contributed by atoms with Crippen molar-refractivity contribution in [2.45, 2.75) is 31.4 Å². The number of pyridine rings is 1. The van der Waals surface area contributed by atoms with Gasteiger partial charge in [-0.1, -0.05) is 12.1 Å². The van der Waals surface area contributed by atoms with E-state index in [1.165, 1.54) is 12.1 Å². The maximum absolute atomic E-state index is 12.2. The Kier molecular flexibility index (Phi) is 4.72. The number of nitrogens with zero attached hydrogens (tertiary/aromatic N) is 1. The Bertz CT molecular complexity index is 710. The summed E-state index contributed by atoms with van der Waals surface area (Å²) in [5.74, 6) is 0. The molecule has 1 heterocycles. The van der Waals surface area contributed by atoms with E-state index in [0.29, 0.717) is 5.56 Å². The van der Waals surface area contributed by atoms with Gasteiger partial charge in [-0.15, -0.1) is 0 Å². The summed E-state index contributed by atoms with van der Waals surface area (Å²) in [6, 6.07) is 7.98. The molecule has 1 aromatic carbocycles. The number of benzene rings is 1. The van der Waals surface area contributed by atoms with Crippen LogP contribution in [0.1, 0.15) is 29.7 Å². The molecule has 1 aromatic heterocycles. The van der Waals surface area contributed by atoms with Gasteiger partial charge in [0.2, 0.25) is 10.0 Å². The minimum Gasteiger partial charge on any atom is -0.389 e. The third-order valence-corrected chi connectivity index (χ3v) is 4.68. The Labute approximate surface area is 124 Å². The van der Waals surface area contributed by atoms with E-state index in [-0.39, 0.29) is 11.4 Å². The lowest BCUT2D eigenvalue weighted by atomic mass is 10.1. The third-order valence-electron chi connectivity index (χ3n) is 3.26. The molecule has 0 aliphatic heterocycles. The van der Waals surface area contributed by atoms with Crippen molar-refractivity contribution in [3.05, 3.63) is 59.4 Å². The molecule has 112 valence electrons. The first-order valence-corrected chi connectivity index (χ1v) is 8.05. The monoisotopic (exact) mass is 306 g/mol. The van der Waals surface area contributed by atoms with Crippen molar-refractivity contribution in [3.63, 3.8) is 0 Å². The molecule has 2 aromatic rings. The molecule has 0 saturated carbocycles. The summed E-state index contributed by atoms with van der Waals surface area (Å²) in [6.45, 7) is 3.73. The lowest BCUT2D eigenvalue weighted by Crippen LogP contribution is -2.23. The quantitative estimate of drug-likeness (QED) is 0.884. The van der Waals surface area contributed by atoms with Crippen molar-refractivity contribution in [2.75, 3.05) is 0 Å². The van der Waals surface area contributed by atoms with Crippen LogP contribution in [-0.2, 0) is 16.6 Å². The van der Waals surface area contributed by atoms with Crippen LogP contribution >= 0.6 is 0 Å². The second-order valence-electron chi connectivity index (χ2n) is 4.87. The number of nitrogens with one attached hydrogen (secondary N) is 1. The van der Waals surface area contributed by atoms with E-state index in [4.69, 9.17) is 0 Å². The first-order chi connectivity index (χ1) is 9.90. The minimum atomic E-state index is -3.57. The molecule has 0 radical (unpaired) electrons. The summed E-state index contributed by atoms with van der Waals surface area (Å²) in [5, 5.41) is 9.43. The number of hydrogen-bond acceptors (Lipinski definition) is 4. The molecule has 0 fully saturated rings. The van der Waals surface area contributed by atoms with Gasteiger partial charge < -0.3 is 5.11 Å². The number of aliphatic hydroxyl groups is 1. The molecular formula is C15H18N2O3S. The van der Waals surface area contributed by atoms with E-state index in [1.54, 1.807) is 37.5 Å². The summed E-state index contributed by atoms with van der Waals surface area (Å²) in [7, 11) is -3.57. The molecule has 0 spiro atoms. The van der Waals surface area contributed by atoms with E-state index in [0.717, 1.165) is 11.1 Å². The second-order valence-corrected chi connectivity index (χ2v) is 6.64. The Balaban J connectivity index is 2.13. The van der Waals surface area contributed by atoms with Crippen molar-refractivity contribution >= 4 is 10.0 Å². The van der Waals surface area contributed by atoms with Crippen LogP contribution in [-0.4, -0.2) is 18.5 Å². The zero-order valence-electron chi connectivity index (χ0n) is 11.9. The highest BCUT2D eigenvalue weighted by Gasteiger charge is 2.14. The van der Waals surface area contributed by atoms with Crippen molar-refractivity contribution in [1.82, 2.24) is 9.71 Å². The van der Waals surface area contributed by atoms with Gasteiger partial charge in [0.1, 0.15) is 0 Å². The molecule has 1 atom stereocenters. The van der Waals surface area contributed by atoms with Crippen LogP contribution < -0.4 is 4.72 Å². The lowest BCUT2D eigenvalue weighted by Gasteiger charge is -2.10. The van der Waals surface area contributed by atoms with Crippen molar-refractivity contribution in [3.8, 4) is 0 Å². The van der Waals surface area contributed by atoms with Gasteiger partial charge in [0.05, 0.1) is 11.0 Å². The summed E-state index contributed by atoms with van der Waals surface area (Å²) in [6.07, 6.45) is 2.71. The molecule has 0 amide bonds. The Hall–Kier alpha value is -1.76. The van der Waals surface area contributed by atoms with Gasteiger partial charge in [0.25, 0.3) is 0 Å². The maximum atomic E-state index is 12.2. The average molecular weight is 306 g/mol. The zero-order valence-corrected chi connectivity index (χ0v) is 12.8. The van der Waals surface area contributed by atoms with Crippen LogP contribution in [0.4, 0.5) is 0 Å². The van der Waals surface area contributed by atoms with E-state index in [9.17, 15) is 13.5 Å². The molecule has 0 saturated heterocycles. The summed E-state index contributed by atoms with van der Waals surface area (Å²) >= 11 is 0. The normalized spacial score (nSPS) is 13.1. The predicted molar refractivity (Wildman–Crippen MR) is 80.1 cm³/mol. The minimum absolute atomic E-state index is 0.179. The molecule has 21 heavy (non-hydrogen) atoms. The van der Waals surface area contributed by atoms with Gasteiger partial charge >= 0.3 is 0 Å². The van der Waals surface area contributed by atoms with Crippen LogP contribution in [0, 0.1) is 6.92 Å². The van der Waals surface area contributed by atoms with Crippen LogP contribution in [0.3, 0.4) is 0 Å². The molecule has 0 aliphatic rings. The van der Waals surface area contributed by atoms with E-state index < -0.39 is 16.1 Å². The highest BCUT2D eigenvalue weighted by atomic mass is 32.2. The number of hydrogen-bond donors (Lipinski definition) is 2. The van der Waals surface area contributed by atoms with Crippen LogP contribution in [0.5, 0.6) is 0 Å². The van der Waals surface area contributed by atoms with Crippen molar-refractivity contribution in [2.24, 2.45) is 0 Å². The highest BCUT2D eigenvalue weighted by molar-refractivity contribution is 7.89. The summed E-state index contributed by atoms with van der Waals surface area (Å²) in [5.41, 5.74) is 2.50. The van der Waals surface area contributed by atoms with Crippen LogP contribution in [0.15, 0.2) is 47.6 Å². The highest BCUT2D eigenvalue weighted by Crippen LogP contribution is 2.16. The average Bonchev–Trinajstić information content (AvgIpc) is 2.46. The standard InChI is InChI=1S/C15H18N2O3S/c1-11-9-16-8-7-14(11)10-17-21(19,20)15-5-3-13(4-6-15)12(2)18/h3-9,12,17-18H,10H2,1-2H3. The fraction of sp³-hybridized carbons (Fsp3) is 0.267. The van der Waals surface area contributed by atoms with Crippen molar-refractivity contribution < 1.29 is 13.5 Å². The van der Waals surface area contributed by atoms with E-state index in [2.05, 4.69) is 9.71 Å². The summed E-state index contributed by atoms with van der Waals surface area (Å²) in [4.78, 5) is 4.15. The van der Waals surface area contributed by atoms with E-state index in [1.807, 2.05) is 6.92 Å². The molecule has 5 nitrogen and oxygen atoms in total. The first kappa shape index (κ1) is 15.6. The van der Waals surface area contributed by atoms with Gasteiger partial charge in [-0.05, 0) is 48.7 Å². The Morgan fingerprint density at radius 2 is 1.90 bits per heavy atom. The lowest BCUT2D eigenvalue weighted by molar-refractivity contribution is 0.199. The number of rotatable bonds is 5. The Morgan fingerprint density at radius 1 is 1.24 bits per heavy atom. The molecule has 6 heteroatoms. The number of sulfonamides is 1. The molecule has 0 bridgehead atoms. The van der Waals surface area contributed by atoms with Gasteiger partial charge in [-0.25, -0.2) is 13.1 Å². The molecule has 1 unspecified atom stereocenters. The zero-order chi connectivity index (χ0) is 15.5. The second kappa shape index (κ2) is 6.34. The summed E-state index contributed by atoms with van der Waals surface area (Å²) < 4.78 is 27.0. The largest absolute Gasteiger partial charge is 0.389 e. The number of aryl methyl sites for hydroxylation is 1. The van der Waals surface area contributed by atoms with Crippen LogP contribution in [0.25, 0.3) is 0 Å². The van der Waals surface area contributed by atoms with Gasteiger partial charge in [0, 0.05) is 18.9 Å². The van der Waals surface area contributed by atoms with E-state index >= 15 is 0 Å². The van der Waals surface area contributed by atoms with Gasteiger partial charge in [-0.2, -0.15) is 0 Å². The number of aliphatic hydroxyl groups excluding tert-OH is 1.